The van der Waals surface area contributed by atoms with E-state index in [1.165, 1.54) is 19.3 Å². The number of sulfone groups is 1. The van der Waals surface area contributed by atoms with Gasteiger partial charge in [-0.15, -0.1) is 0 Å². The van der Waals surface area contributed by atoms with Crippen molar-refractivity contribution in [3.63, 3.8) is 0 Å². The van der Waals surface area contributed by atoms with Crippen LogP contribution in [0.5, 0.6) is 0 Å². The third-order valence-electron chi connectivity index (χ3n) is 2.61. The summed E-state index contributed by atoms with van der Waals surface area (Å²) in [7, 11) is -2.76. The highest BCUT2D eigenvalue weighted by Crippen LogP contribution is 2.08. The normalized spacial score (nSPS) is 20.4. The summed E-state index contributed by atoms with van der Waals surface area (Å²) in [6.45, 7) is 4.61. The Labute approximate surface area is 81.0 Å². The van der Waals surface area contributed by atoms with Gasteiger partial charge >= 0.3 is 0 Å². The van der Waals surface area contributed by atoms with E-state index in [-0.39, 0.29) is 5.75 Å². The molecule has 0 N–H and O–H groups in total. The Morgan fingerprint density at radius 3 is 2.31 bits per heavy atom. The quantitative estimate of drug-likeness (QED) is 0.684. The molecular formula is C9H19NO2S. The lowest BCUT2D eigenvalue weighted by atomic mass is 10.1. The van der Waals surface area contributed by atoms with Crippen LogP contribution in [-0.4, -0.2) is 44.5 Å². The van der Waals surface area contributed by atoms with Crippen molar-refractivity contribution >= 4 is 9.84 Å². The molecular weight excluding hydrogens is 186 g/mol. The van der Waals surface area contributed by atoms with Crippen molar-refractivity contribution in [1.82, 2.24) is 4.90 Å². The summed E-state index contributed by atoms with van der Waals surface area (Å²) >= 11 is 0. The maximum Gasteiger partial charge on any atom is 0.151 e. The third kappa shape index (κ3) is 4.09. The molecule has 0 aromatic rings. The Morgan fingerprint density at radius 2 is 1.77 bits per heavy atom. The lowest BCUT2D eigenvalue weighted by molar-refractivity contribution is 0.241. The van der Waals surface area contributed by atoms with Gasteiger partial charge in [-0.25, -0.2) is 8.42 Å². The van der Waals surface area contributed by atoms with Crippen molar-refractivity contribution in [1.29, 1.82) is 0 Å². The molecule has 1 aliphatic rings. The Bertz CT molecular complexity index is 230. The molecule has 4 heteroatoms. The number of piperidine rings is 1. The molecule has 0 atom stereocenters. The minimum absolute atomic E-state index is 0.279. The van der Waals surface area contributed by atoms with E-state index in [9.17, 15) is 8.42 Å². The van der Waals surface area contributed by atoms with E-state index in [4.69, 9.17) is 0 Å². The van der Waals surface area contributed by atoms with Gasteiger partial charge in [0, 0.05) is 12.3 Å². The molecule has 0 radical (unpaired) electrons. The first-order valence-corrected chi connectivity index (χ1v) is 6.89. The summed E-state index contributed by atoms with van der Waals surface area (Å²) in [6, 6.07) is 0. The summed E-state index contributed by atoms with van der Waals surface area (Å²) in [4.78, 5) is 2.26. The molecule has 0 aromatic carbocycles. The fraction of sp³-hybridized carbons (Fsp3) is 1.00. The number of rotatable bonds is 4. The SMILES string of the molecule is CCS(=O)(=O)CCN1CCCCC1. The Balaban J connectivity index is 2.25. The number of hydrogen-bond donors (Lipinski definition) is 0. The zero-order chi connectivity index (χ0) is 9.73. The first-order valence-electron chi connectivity index (χ1n) is 5.07. The van der Waals surface area contributed by atoms with Crippen molar-refractivity contribution in [2.24, 2.45) is 0 Å². The number of likely N-dealkylation sites (tertiary alicyclic amines) is 1. The standard InChI is InChI=1S/C9H19NO2S/c1-2-13(11,12)9-8-10-6-4-3-5-7-10/h2-9H2,1H3. The minimum Gasteiger partial charge on any atom is -0.302 e. The van der Waals surface area contributed by atoms with Crippen LogP contribution in [0.3, 0.4) is 0 Å². The highest BCUT2D eigenvalue weighted by molar-refractivity contribution is 7.91. The molecule has 0 unspecified atom stereocenters. The predicted octanol–water partition coefficient (Wildman–Crippen LogP) is 0.907. The van der Waals surface area contributed by atoms with E-state index >= 15 is 0 Å². The molecule has 1 aliphatic heterocycles. The molecule has 0 amide bonds. The molecule has 13 heavy (non-hydrogen) atoms. The van der Waals surface area contributed by atoms with Crippen LogP contribution in [0.2, 0.25) is 0 Å². The summed E-state index contributed by atoms with van der Waals surface area (Å²) in [5.74, 6) is 0.615. The van der Waals surface area contributed by atoms with Crippen LogP contribution >= 0.6 is 0 Å². The summed E-state index contributed by atoms with van der Waals surface area (Å²) in [5.41, 5.74) is 0. The third-order valence-corrected chi connectivity index (χ3v) is 4.29. The molecule has 1 heterocycles. The minimum atomic E-state index is -2.76. The molecule has 1 rings (SSSR count). The van der Waals surface area contributed by atoms with Crippen molar-refractivity contribution in [3.05, 3.63) is 0 Å². The lowest BCUT2D eigenvalue weighted by Crippen LogP contribution is -2.34. The van der Waals surface area contributed by atoms with Crippen molar-refractivity contribution < 1.29 is 8.42 Å². The smallest absolute Gasteiger partial charge is 0.151 e. The van der Waals surface area contributed by atoms with Gasteiger partial charge in [-0.2, -0.15) is 0 Å². The van der Waals surface area contributed by atoms with E-state index in [1.807, 2.05) is 0 Å². The summed E-state index contributed by atoms with van der Waals surface area (Å²) in [5, 5.41) is 0. The fourth-order valence-electron chi connectivity index (χ4n) is 1.60. The van der Waals surface area contributed by atoms with Gasteiger partial charge in [0.2, 0.25) is 0 Å². The average molecular weight is 205 g/mol. The number of nitrogens with zero attached hydrogens (tertiary/aromatic N) is 1. The van der Waals surface area contributed by atoms with Gasteiger partial charge in [-0.05, 0) is 25.9 Å². The van der Waals surface area contributed by atoms with E-state index < -0.39 is 9.84 Å². The first-order chi connectivity index (χ1) is 6.14. The van der Waals surface area contributed by atoms with Gasteiger partial charge in [-0.1, -0.05) is 13.3 Å². The summed E-state index contributed by atoms with van der Waals surface area (Å²) < 4.78 is 22.4. The van der Waals surface area contributed by atoms with Crippen LogP contribution in [0, 0.1) is 0 Å². The van der Waals surface area contributed by atoms with Crippen molar-refractivity contribution in [3.8, 4) is 0 Å². The monoisotopic (exact) mass is 205 g/mol. The van der Waals surface area contributed by atoms with E-state index in [0.717, 1.165) is 19.6 Å². The van der Waals surface area contributed by atoms with Gasteiger partial charge in [-0.3, -0.25) is 0 Å². The van der Waals surface area contributed by atoms with E-state index in [1.54, 1.807) is 6.92 Å². The van der Waals surface area contributed by atoms with E-state index in [2.05, 4.69) is 4.90 Å². The Kier molecular flexibility index (Phi) is 4.19. The molecule has 0 saturated carbocycles. The summed E-state index contributed by atoms with van der Waals surface area (Å²) in [6.07, 6.45) is 3.76. The van der Waals surface area contributed by atoms with Crippen LogP contribution < -0.4 is 0 Å². The molecule has 0 bridgehead atoms. The first kappa shape index (κ1) is 11.0. The maximum absolute atomic E-state index is 11.2. The van der Waals surface area contributed by atoms with Gasteiger partial charge in [0.25, 0.3) is 0 Å². The molecule has 0 aliphatic carbocycles. The Hall–Kier alpha value is -0.0900. The zero-order valence-electron chi connectivity index (χ0n) is 8.33. The van der Waals surface area contributed by atoms with Crippen LogP contribution in [-0.2, 0) is 9.84 Å². The average Bonchev–Trinajstić information content (AvgIpc) is 2.17. The van der Waals surface area contributed by atoms with Gasteiger partial charge in [0.15, 0.2) is 9.84 Å². The van der Waals surface area contributed by atoms with Crippen molar-refractivity contribution in [2.75, 3.05) is 31.1 Å². The lowest BCUT2D eigenvalue weighted by Gasteiger charge is -2.25. The molecule has 3 nitrogen and oxygen atoms in total. The number of hydrogen-bond acceptors (Lipinski definition) is 3. The second-order valence-electron chi connectivity index (χ2n) is 3.64. The van der Waals surface area contributed by atoms with Gasteiger partial charge < -0.3 is 4.90 Å². The Morgan fingerprint density at radius 1 is 1.15 bits per heavy atom. The van der Waals surface area contributed by atoms with Gasteiger partial charge in [0.05, 0.1) is 5.75 Å². The van der Waals surface area contributed by atoms with Crippen LogP contribution in [0.4, 0.5) is 0 Å². The molecule has 0 spiro atoms. The second kappa shape index (κ2) is 4.96. The molecule has 1 saturated heterocycles. The molecule has 0 aromatic heterocycles. The second-order valence-corrected chi connectivity index (χ2v) is 6.11. The van der Waals surface area contributed by atoms with Crippen LogP contribution in [0.1, 0.15) is 26.2 Å². The largest absolute Gasteiger partial charge is 0.302 e. The molecule has 78 valence electrons. The topological polar surface area (TPSA) is 37.4 Å². The maximum atomic E-state index is 11.2. The zero-order valence-corrected chi connectivity index (χ0v) is 9.15. The highest BCUT2D eigenvalue weighted by atomic mass is 32.2. The van der Waals surface area contributed by atoms with Crippen molar-refractivity contribution in [2.45, 2.75) is 26.2 Å². The fourth-order valence-corrected chi connectivity index (χ4v) is 2.42. The molecule has 1 fully saturated rings. The van der Waals surface area contributed by atoms with Gasteiger partial charge in [0.1, 0.15) is 0 Å². The predicted molar refractivity (Wildman–Crippen MR) is 54.6 cm³/mol. The van der Waals surface area contributed by atoms with Crippen LogP contribution in [0.25, 0.3) is 0 Å². The highest BCUT2D eigenvalue weighted by Gasteiger charge is 2.13. The van der Waals surface area contributed by atoms with Crippen LogP contribution in [0.15, 0.2) is 0 Å². The van der Waals surface area contributed by atoms with E-state index in [0.29, 0.717) is 5.75 Å².